The Bertz CT molecular complexity index is 509. The maximum Gasteiger partial charge on any atom is 0.249 e. The zero-order valence-corrected chi connectivity index (χ0v) is 9.97. The van der Waals surface area contributed by atoms with Crippen molar-refractivity contribution in [2.24, 2.45) is 5.73 Å². The molecule has 1 aromatic rings. The van der Waals surface area contributed by atoms with Crippen LogP contribution >= 0.6 is 0 Å². The van der Waals surface area contributed by atoms with Crippen molar-refractivity contribution in [1.29, 1.82) is 0 Å². The largest absolute Gasteiger partial charge is 0.366 e. The maximum atomic E-state index is 11.7. The second-order valence-corrected chi connectivity index (χ2v) is 5.11. The molecule has 1 aromatic carbocycles. The fourth-order valence-electron chi connectivity index (χ4n) is 1.31. The summed E-state index contributed by atoms with van der Waals surface area (Å²) in [6.45, 7) is 3.67. The van der Waals surface area contributed by atoms with Crippen LogP contribution in [0.4, 0.5) is 0 Å². The van der Waals surface area contributed by atoms with E-state index >= 15 is 0 Å². The summed E-state index contributed by atoms with van der Waals surface area (Å²) in [4.78, 5) is 11.1. The van der Waals surface area contributed by atoms with Gasteiger partial charge in [0.2, 0.25) is 15.9 Å². The third-order valence-electron chi connectivity index (χ3n) is 2.12. The van der Waals surface area contributed by atoms with Crippen molar-refractivity contribution in [3.05, 3.63) is 29.3 Å². The molecule has 1 rings (SSSR count). The monoisotopic (exact) mass is 242 g/mol. The van der Waals surface area contributed by atoms with Gasteiger partial charge in [-0.3, -0.25) is 4.79 Å². The number of carbonyl (C=O) groups excluding carboxylic acids is 1. The fraction of sp³-hybridized carbons (Fsp3) is 0.300. The van der Waals surface area contributed by atoms with Gasteiger partial charge < -0.3 is 5.73 Å². The minimum absolute atomic E-state index is 0.0498. The average molecular weight is 242 g/mol. The molecule has 0 atom stereocenters. The fourth-order valence-corrected chi connectivity index (χ4v) is 2.37. The summed E-state index contributed by atoms with van der Waals surface area (Å²) in [5.41, 5.74) is 6.02. The number of hydrogen-bond donors (Lipinski definition) is 2. The normalized spacial score (nSPS) is 11.4. The molecule has 5 nitrogen and oxygen atoms in total. The van der Waals surface area contributed by atoms with Gasteiger partial charge in [-0.15, -0.1) is 0 Å². The Morgan fingerprint density at radius 1 is 1.44 bits per heavy atom. The molecule has 0 unspecified atom stereocenters. The van der Waals surface area contributed by atoms with Crippen LogP contribution in [0.5, 0.6) is 0 Å². The van der Waals surface area contributed by atoms with E-state index in [9.17, 15) is 13.2 Å². The standard InChI is InChI=1S/C10H14N2O3S/c1-3-12-16(14,15)8-5-4-7(2)9(6-8)10(11)13/h4-6,12H,3H2,1-2H3,(H2,11,13). The first kappa shape index (κ1) is 12.7. The summed E-state index contributed by atoms with van der Waals surface area (Å²) in [5.74, 6) is -0.633. The number of nitrogens with two attached hydrogens (primary N) is 1. The summed E-state index contributed by atoms with van der Waals surface area (Å²) in [5, 5.41) is 0. The van der Waals surface area contributed by atoms with E-state index in [1.54, 1.807) is 19.9 Å². The summed E-state index contributed by atoms with van der Waals surface area (Å²) in [6.07, 6.45) is 0. The zero-order valence-electron chi connectivity index (χ0n) is 9.15. The quantitative estimate of drug-likeness (QED) is 0.800. The van der Waals surface area contributed by atoms with E-state index in [0.717, 1.165) is 0 Å². The third kappa shape index (κ3) is 2.59. The van der Waals surface area contributed by atoms with Crippen molar-refractivity contribution in [2.45, 2.75) is 18.7 Å². The van der Waals surface area contributed by atoms with E-state index in [0.29, 0.717) is 12.1 Å². The maximum absolute atomic E-state index is 11.7. The van der Waals surface area contributed by atoms with Gasteiger partial charge in [-0.25, -0.2) is 13.1 Å². The van der Waals surface area contributed by atoms with E-state index in [4.69, 9.17) is 5.73 Å². The molecule has 0 aliphatic rings. The second kappa shape index (κ2) is 4.63. The minimum atomic E-state index is -3.54. The summed E-state index contributed by atoms with van der Waals surface area (Å²) < 4.78 is 25.7. The Morgan fingerprint density at radius 2 is 2.06 bits per heavy atom. The van der Waals surface area contributed by atoms with E-state index in [1.165, 1.54) is 12.1 Å². The number of sulfonamides is 1. The van der Waals surface area contributed by atoms with Crippen LogP contribution in [-0.2, 0) is 10.0 Å². The van der Waals surface area contributed by atoms with Gasteiger partial charge in [-0.2, -0.15) is 0 Å². The highest BCUT2D eigenvalue weighted by Gasteiger charge is 2.15. The highest BCUT2D eigenvalue weighted by atomic mass is 32.2. The molecule has 0 heterocycles. The predicted molar refractivity (Wildman–Crippen MR) is 60.6 cm³/mol. The van der Waals surface area contributed by atoms with Gasteiger partial charge >= 0.3 is 0 Å². The first-order chi connectivity index (χ1) is 7.38. The second-order valence-electron chi connectivity index (χ2n) is 3.34. The van der Waals surface area contributed by atoms with E-state index < -0.39 is 15.9 Å². The predicted octanol–water partition coefficient (Wildman–Crippen LogP) is 0.392. The van der Waals surface area contributed by atoms with Crippen molar-refractivity contribution in [2.75, 3.05) is 6.54 Å². The van der Waals surface area contributed by atoms with Crippen LogP contribution in [0, 0.1) is 6.92 Å². The van der Waals surface area contributed by atoms with Crippen molar-refractivity contribution in [1.82, 2.24) is 4.72 Å². The van der Waals surface area contributed by atoms with Crippen LogP contribution in [0.1, 0.15) is 22.8 Å². The van der Waals surface area contributed by atoms with E-state index in [2.05, 4.69) is 4.72 Å². The highest BCUT2D eigenvalue weighted by Crippen LogP contribution is 2.14. The smallest absolute Gasteiger partial charge is 0.249 e. The molecule has 0 spiro atoms. The first-order valence-electron chi connectivity index (χ1n) is 4.78. The lowest BCUT2D eigenvalue weighted by molar-refractivity contribution is 0.0999. The molecule has 1 amide bonds. The molecule has 0 fully saturated rings. The Hall–Kier alpha value is -1.40. The Labute approximate surface area is 94.7 Å². The molecule has 3 N–H and O–H groups in total. The molecule has 88 valence electrons. The van der Waals surface area contributed by atoms with Crippen LogP contribution in [-0.4, -0.2) is 20.9 Å². The first-order valence-corrected chi connectivity index (χ1v) is 6.27. The van der Waals surface area contributed by atoms with Gasteiger partial charge in [-0.1, -0.05) is 13.0 Å². The Balaban J connectivity index is 3.28. The molecular formula is C10H14N2O3S. The van der Waals surface area contributed by atoms with Gasteiger partial charge in [-0.05, 0) is 24.6 Å². The minimum Gasteiger partial charge on any atom is -0.366 e. The molecule has 0 aliphatic carbocycles. The van der Waals surface area contributed by atoms with Crippen LogP contribution in [0.3, 0.4) is 0 Å². The van der Waals surface area contributed by atoms with Gasteiger partial charge in [0.1, 0.15) is 0 Å². The van der Waals surface area contributed by atoms with Crippen molar-refractivity contribution >= 4 is 15.9 Å². The average Bonchev–Trinajstić information content (AvgIpc) is 2.17. The number of carbonyl (C=O) groups is 1. The molecule has 0 bridgehead atoms. The molecule has 0 aliphatic heterocycles. The summed E-state index contributed by atoms with van der Waals surface area (Å²) in [7, 11) is -3.54. The number of benzene rings is 1. The SMILES string of the molecule is CCNS(=O)(=O)c1ccc(C)c(C(N)=O)c1. The van der Waals surface area contributed by atoms with Crippen LogP contribution in [0.15, 0.2) is 23.1 Å². The summed E-state index contributed by atoms with van der Waals surface area (Å²) in [6, 6.07) is 4.29. The van der Waals surface area contributed by atoms with Gasteiger partial charge in [0.05, 0.1) is 4.90 Å². The number of rotatable bonds is 4. The highest BCUT2D eigenvalue weighted by molar-refractivity contribution is 7.89. The van der Waals surface area contributed by atoms with Gasteiger partial charge in [0, 0.05) is 12.1 Å². The number of hydrogen-bond acceptors (Lipinski definition) is 3. The van der Waals surface area contributed by atoms with Crippen molar-refractivity contribution < 1.29 is 13.2 Å². The summed E-state index contributed by atoms with van der Waals surface area (Å²) >= 11 is 0. The number of amides is 1. The van der Waals surface area contributed by atoms with Crippen molar-refractivity contribution in [3.63, 3.8) is 0 Å². The van der Waals surface area contributed by atoms with E-state index in [-0.39, 0.29) is 10.5 Å². The number of nitrogens with one attached hydrogen (secondary N) is 1. The van der Waals surface area contributed by atoms with Crippen molar-refractivity contribution in [3.8, 4) is 0 Å². The molecule has 0 saturated heterocycles. The third-order valence-corrected chi connectivity index (χ3v) is 3.66. The molecule has 0 radical (unpaired) electrons. The van der Waals surface area contributed by atoms with Crippen LogP contribution in [0.2, 0.25) is 0 Å². The van der Waals surface area contributed by atoms with Gasteiger partial charge in [0.25, 0.3) is 0 Å². The lowest BCUT2D eigenvalue weighted by Gasteiger charge is -2.07. The molecule has 0 aromatic heterocycles. The Kier molecular flexibility index (Phi) is 3.66. The zero-order chi connectivity index (χ0) is 12.3. The molecule has 0 saturated carbocycles. The van der Waals surface area contributed by atoms with E-state index in [1.807, 2.05) is 0 Å². The molecular weight excluding hydrogens is 228 g/mol. The number of aryl methyl sites for hydroxylation is 1. The molecule has 16 heavy (non-hydrogen) atoms. The number of primary amides is 1. The van der Waals surface area contributed by atoms with Crippen LogP contribution in [0.25, 0.3) is 0 Å². The topological polar surface area (TPSA) is 89.3 Å². The lowest BCUT2D eigenvalue weighted by Crippen LogP contribution is -2.24. The Morgan fingerprint density at radius 3 is 2.56 bits per heavy atom. The van der Waals surface area contributed by atoms with Gasteiger partial charge in [0.15, 0.2) is 0 Å². The molecule has 6 heteroatoms. The van der Waals surface area contributed by atoms with Crippen LogP contribution < -0.4 is 10.5 Å². The lowest BCUT2D eigenvalue weighted by atomic mass is 10.1.